The predicted octanol–water partition coefficient (Wildman–Crippen LogP) is 5.82. The summed E-state index contributed by atoms with van der Waals surface area (Å²) in [5.41, 5.74) is 4.52. The van der Waals surface area contributed by atoms with Gasteiger partial charge in [0.25, 0.3) is 0 Å². The maximum atomic E-state index is 12.8. The van der Waals surface area contributed by atoms with Crippen molar-refractivity contribution in [2.75, 3.05) is 0 Å². The minimum Gasteiger partial charge on any atom is -0.467 e. The number of aromatic amines is 1. The Kier molecular flexibility index (Phi) is 5.72. The number of aromatic nitrogens is 1. The molecule has 2 heterocycles. The molecule has 0 fully saturated rings. The number of rotatable bonds is 7. The Balaban J connectivity index is 1.67. The number of hydrogen-bond donors (Lipinski definition) is 2. The second-order valence-corrected chi connectivity index (χ2v) is 7.54. The zero-order valence-corrected chi connectivity index (χ0v) is 17.0. The summed E-state index contributed by atoms with van der Waals surface area (Å²) in [6, 6.07) is 17.7. The molecule has 2 aromatic heterocycles. The SMILES string of the molecule is CCc1cccc2c([C@@H](CC(=O)NCc3ccco3)c3cccc(Cl)c3)c[nH]c12. The topological polar surface area (TPSA) is 58.0 Å². The summed E-state index contributed by atoms with van der Waals surface area (Å²) in [6.45, 7) is 2.52. The van der Waals surface area contributed by atoms with Crippen LogP contribution in [0.4, 0.5) is 0 Å². The monoisotopic (exact) mass is 406 g/mol. The lowest BCUT2D eigenvalue weighted by Gasteiger charge is -2.17. The van der Waals surface area contributed by atoms with Crippen LogP contribution < -0.4 is 5.32 Å². The lowest BCUT2D eigenvalue weighted by Crippen LogP contribution is -2.24. The summed E-state index contributed by atoms with van der Waals surface area (Å²) < 4.78 is 5.31. The molecule has 0 spiro atoms. The van der Waals surface area contributed by atoms with Gasteiger partial charge in [0.05, 0.1) is 12.8 Å². The van der Waals surface area contributed by atoms with Crippen molar-refractivity contribution in [2.24, 2.45) is 0 Å². The average Bonchev–Trinajstić information content (AvgIpc) is 3.40. The first kappa shape index (κ1) is 19.3. The summed E-state index contributed by atoms with van der Waals surface area (Å²) in [4.78, 5) is 16.2. The highest BCUT2D eigenvalue weighted by molar-refractivity contribution is 6.30. The van der Waals surface area contributed by atoms with E-state index < -0.39 is 0 Å². The van der Waals surface area contributed by atoms with Crippen LogP contribution in [0, 0.1) is 0 Å². The number of amides is 1. The molecule has 0 saturated carbocycles. The van der Waals surface area contributed by atoms with E-state index in [9.17, 15) is 4.79 Å². The smallest absolute Gasteiger partial charge is 0.221 e. The molecule has 29 heavy (non-hydrogen) atoms. The Morgan fingerprint density at radius 1 is 1.17 bits per heavy atom. The van der Waals surface area contributed by atoms with Crippen LogP contribution in [0.1, 0.15) is 41.7 Å². The Labute approximate surface area is 174 Å². The molecular formula is C24H23ClN2O2. The molecule has 1 atom stereocenters. The third-order valence-corrected chi connectivity index (χ3v) is 5.51. The second-order valence-electron chi connectivity index (χ2n) is 7.11. The highest BCUT2D eigenvalue weighted by atomic mass is 35.5. The highest BCUT2D eigenvalue weighted by Crippen LogP contribution is 2.35. The molecule has 0 bridgehead atoms. The van der Waals surface area contributed by atoms with E-state index in [1.54, 1.807) is 6.26 Å². The Hall–Kier alpha value is -2.98. The van der Waals surface area contributed by atoms with Crippen molar-refractivity contribution in [3.05, 3.63) is 94.5 Å². The van der Waals surface area contributed by atoms with Gasteiger partial charge >= 0.3 is 0 Å². The quantitative estimate of drug-likeness (QED) is 0.406. The standard InChI is InChI=1S/C24H23ClN2O2/c1-2-16-6-4-10-20-22(15-27-24(16)20)21(17-7-3-8-18(25)12-17)13-23(28)26-14-19-9-5-11-29-19/h3-12,15,21,27H,2,13-14H2,1H3,(H,26,28)/t21-/m0/s1. The van der Waals surface area contributed by atoms with Gasteiger partial charge in [0.1, 0.15) is 5.76 Å². The van der Waals surface area contributed by atoms with Crippen molar-refractivity contribution in [3.63, 3.8) is 0 Å². The van der Waals surface area contributed by atoms with Crippen LogP contribution in [0.25, 0.3) is 10.9 Å². The predicted molar refractivity (Wildman–Crippen MR) is 116 cm³/mol. The molecule has 0 aliphatic carbocycles. The van der Waals surface area contributed by atoms with Crippen LogP contribution in [0.3, 0.4) is 0 Å². The van der Waals surface area contributed by atoms with Crippen molar-refractivity contribution in [1.29, 1.82) is 0 Å². The van der Waals surface area contributed by atoms with Gasteiger partial charge in [-0.2, -0.15) is 0 Å². The van der Waals surface area contributed by atoms with E-state index in [2.05, 4.69) is 35.4 Å². The van der Waals surface area contributed by atoms with E-state index in [1.165, 1.54) is 5.56 Å². The number of furan rings is 1. The molecule has 4 nitrogen and oxygen atoms in total. The van der Waals surface area contributed by atoms with Crippen LogP contribution in [0.2, 0.25) is 5.02 Å². The van der Waals surface area contributed by atoms with Gasteiger partial charge in [-0.3, -0.25) is 4.79 Å². The normalized spacial score (nSPS) is 12.2. The lowest BCUT2D eigenvalue weighted by molar-refractivity contribution is -0.121. The van der Waals surface area contributed by atoms with Gasteiger partial charge in [-0.15, -0.1) is 0 Å². The fraction of sp³-hybridized carbons (Fsp3) is 0.208. The average molecular weight is 407 g/mol. The van der Waals surface area contributed by atoms with Crippen LogP contribution in [0.15, 0.2) is 71.5 Å². The number of H-pyrrole nitrogens is 1. The zero-order chi connectivity index (χ0) is 20.2. The van der Waals surface area contributed by atoms with Crippen molar-refractivity contribution >= 4 is 28.4 Å². The molecule has 2 aromatic carbocycles. The summed E-state index contributed by atoms with van der Waals surface area (Å²) >= 11 is 6.26. The van der Waals surface area contributed by atoms with E-state index in [1.807, 2.05) is 42.6 Å². The number of para-hydroxylation sites is 1. The second kappa shape index (κ2) is 8.58. The number of hydrogen-bond acceptors (Lipinski definition) is 2. The fourth-order valence-electron chi connectivity index (χ4n) is 3.81. The molecule has 148 valence electrons. The van der Waals surface area contributed by atoms with Crippen LogP contribution in [-0.2, 0) is 17.8 Å². The first-order chi connectivity index (χ1) is 14.2. The van der Waals surface area contributed by atoms with E-state index in [0.29, 0.717) is 18.0 Å². The number of benzene rings is 2. The van der Waals surface area contributed by atoms with Crippen LogP contribution in [0.5, 0.6) is 0 Å². The van der Waals surface area contributed by atoms with Crippen molar-refractivity contribution in [3.8, 4) is 0 Å². The summed E-state index contributed by atoms with van der Waals surface area (Å²) in [7, 11) is 0. The van der Waals surface area contributed by atoms with Gasteiger partial charge in [-0.05, 0) is 47.4 Å². The van der Waals surface area contributed by atoms with E-state index in [4.69, 9.17) is 16.0 Å². The number of fused-ring (bicyclic) bond motifs is 1. The molecule has 0 saturated heterocycles. The Morgan fingerprint density at radius 3 is 2.79 bits per heavy atom. The molecular weight excluding hydrogens is 384 g/mol. The number of aryl methyl sites for hydroxylation is 1. The third-order valence-electron chi connectivity index (χ3n) is 5.27. The minimum atomic E-state index is -0.105. The third kappa shape index (κ3) is 4.22. The number of nitrogens with one attached hydrogen (secondary N) is 2. The van der Waals surface area contributed by atoms with Gasteiger partial charge in [-0.1, -0.05) is 48.9 Å². The molecule has 0 aliphatic heterocycles. The van der Waals surface area contributed by atoms with Gasteiger partial charge in [-0.25, -0.2) is 0 Å². The van der Waals surface area contributed by atoms with E-state index in [0.717, 1.165) is 34.2 Å². The van der Waals surface area contributed by atoms with Gasteiger partial charge in [0, 0.05) is 34.5 Å². The molecule has 5 heteroatoms. The molecule has 0 radical (unpaired) electrons. The maximum absolute atomic E-state index is 12.8. The minimum absolute atomic E-state index is 0.0348. The van der Waals surface area contributed by atoms with Crippen molar-refractivity contribution in [1.82, 2.24) is 10.3 Å². The van der Waals surface area contributed by atoms with E-state index >= 15 is 0 Å². The lowest BCUT2D eigenvalue weighted by atomic mass is 9.87. The zero-order valence-electron chi connectivity index (χ0n) is 16.2. The molecule has 4 rings (SSSR count). The van der Waals surface area contributed by atoms with Gasteiger partial charge in [0.15, 0.2) is 0 Å². The van der Waals surface area contributed by atoms with E-state index in [-0.39, 0.29) is 11.8 Å². The maximum Gasteiger partial charge on any atom is 0.221 e. The number of carbonyl (C=O) groups excluding carboxylic acids is 1. The molecule has 4 aromatic rings. The molecule has 2 N–H and O–H groups in total. The number of halogens is 1. The highest BCUT2D eigenvalue weighted by Gasteiger charge is 2.22. The first-order valence-corrected chi connectivity index (χ1v) is 10.2. The van der Waals surface area contributed by atoms with Gasteiger partial charge < -0.3 is 14.7 Å². The Bertz CT molecular complexity index is 1120. The summed E-state index contributed by atoms with van der Waals surface area (Å²) in [5.74, 6) is 0.593. The molecule has 0 aliphatic rings. The van der Waals surface area contributed by atoms with Crippen molar-refractivity contribution in [2.45, 2.75) is 32.2 Å². The fourth-order valence-corrected chi connectivity index (χ4v) is 4.01. The van der Waals surface area contributed by atoms with Crippen LogP contribution >= 0.6 is 11.6 Å². The van der Waals surface area contributed by atoms with Gasteiger partial charge in [0.2, 0.25) is 5.91 Å². The summed E-state index contributed by atoms with van der Waals surface area (Å²) in [5, 5.41) is 4.77. The molecule has 0 unspecified atom stereocenters. The first-order valence-electron chi connectivity index (χ1n) is 9.79. The summed E-state index contributed by atoms with van der Waals surface area (Å²) in [6.07, 6.45) is 4.90. The van der Waals surface area contributed by atoms with Crippen molar-refractivity contribution < 1.29 is 9.21 Å². The molecule has 1 amide bonds. The van der Waals surface area contributed by atoms with Crippen LogP contribution in [-0.4, -0.2) is 10.9 Å². The largest absolute Gasteiger partial charge is 0.467 e. The number of carbonyl (C=O) groups is 1. The Morgan fingerprint density at radius 2 is 2.03 bits per heavy atom.